The molecule has 1 saturated carbocycles. The maximum Gasteiger partial charge on any atom is 0.253 e. The normalized spacial score (nSPS) is 13.6. The highest BCUT2D eigenvalue weighted by molar-refractivity contribution is 9.10. The van der Waals surface area contributed by atoms with Gasteiger partial charge in [0.1, 0.15) is 11.6 Å². The topological polar surface area (TPSA) is 29.5 Å². The molecular formula is C19H19BrFNO2. The SMILES string of the molecule is CN(Cc1cc(Br)ccc1F)C(=O)c1ccc(OCC2CC2)cc1. The van der Waals surface area contributed by atoms with Crippen molar-refractivity contribution in [1.82, 2.24) is 4.90 Å². The number of carbonyl (C=O) groups is 1. The smallest absolute Gasteiger partial charge is 0.253 e. The van der Waals surface area contributed by atoms with Gasteiger partial charge in [-0.25, -0.2) is 4.39 Å². The zero-order valence-electron chi connectivity index (χ0n) is 13.5. The van der Waals surface area contributed by atoms with E-state index in [9.17, 15) is 9.18 Å². The van der Waals surface area contributed by atoms with Crippen LogP contribution in [0.1, 0.15) is 28.8 Å². The molecule has 0 aliphatic heterocycles. The third-order valence-corrected chi connectivity index (χ3v) is 4.54. The molecule has 0 unspecified atom stereocenters. The molecule has 2 aromatic carbocycles. The minimum atomic E-state index is -0.318. The Hall–Kier alpha value is -1.88. The highest BCUT2D eigenvalue weighted by Gasteiger charge is 2.22. The average molecular weight is 392 g/mol. The van der Waals surface area contributed by atoms with Crippen LogP contribution in [0.4, 0.5) is 4.39 Å². The van der Waals surface area contributed by atoms with Gasteiger partial charge < -0.3 is 9.64 Å². The number of rotatable bonds is 6. The van der Waals surface area contributed by atoms with E-state index < -0.39 is 0 Å². The molecule has 126 valence electrons. The van der Waals surface area contributed by atoms with Crippen molar-refractivity contribution in [2.45, 2.75) is 19.4 Å². The number of hydrogen-bond acceptors (Lipinski definition) is 2. The Bertz CT molecular complexity index is 729. The minimum Gasteiger partial charge on any atom is -0.493 e. The summed E-state index contributed by atoms with van der Waals surface area (Å²) in [4.78, 5) is 14.0. The lowest BCUT2D eigenvalue weighted by Crippen LogP contribution is -2.26. The number of hydrogen-bond donors (Lipinski definition) is 0. The fourth-order valence-electron chi connectivity index (χ4n) is 2.40. The molecule has 1 aliphatic rings. The molecule has 24 heavy (non-hydrogen) atoms. The lowest BCUT2D eigenvalue weighted by atomic mass is 10.1. The number of benzene rings is 2. The van der Waals surface area contributed by atoms with Gasteiger partial charge in [-0.1, -0.05) is 15.9 Å². The zero-order valence-corrected chi connectivity index (χ0v) is 15.1. The van der Waals surface area contributed by atoms with E-state index in [1.54, 1.807) is 31.3 Å². The number of carbonyl (C=O) groups excluding carboxylic acids is 1. The Morgan fingerprint density at radius 3 is 2.62 bits per heavy atom. The van der Waals surface area contributed by atoms with Crippen molar-refractivity contribution in [3.63, 3.8) is 0 Å². The fraction of sp³-hybridized carbons (Fsp3) is 0.316. The van der Waals surface area contributed by atoms with E-state index in [1.807, 2.05) is 12.1 Å². The Labute approximate surface area is 149 Å². The molecule has 0 bridgehead atoms. The third-order valence-electron chi connectivity index (χ3n) is 4.05. The molecule has 5 heteroatoms. The molecule has 0 N–H and O–H groups in total. The fourth-order valence-corrected chi connectivity index (χ4v) is 2.81. The van der Waals surface area contributed by atoms with E-state index in [4.69, 9.17) is 4.74 Å². The van der Waals surface area contributed by atoms with Crippen LogP contribution in [-0.4, -0.2) is 24.5 Å². The number of ether oxygens (including phenoxy) is 1. The quantitative estimate of drug-likeness (QED) is 0.716. The Morgan fingerprint density at radius 2 is 1.96 bits per heavy atom. The van der Waals surface area contributed by atoms with Crippen molar-refractivity contribution >= 4 is 21.8 Å². The van der Waals surface area contributed by atoms with Crippen molar-refractivity contribution in [2.75, 3.05) is 13.7 Å². The molecule has 0 aromatic heterocycles. The molecule has 0 heterocycles. The van der Waals surface area contributed by atoms with Crippen molar-refractivity contribution in [1.29, 1.82) is 0 Å². The molecule has 3 rings (SSSR count). The van der Waals surface area contributed by atoms with Crippen LogP contribution in [0.25, 0.3) is 0 Å². The van der Waals surface area contributed by atoms with Crippen LogP contribution >= 0.6 is 15.9 Å². The van der Waals surface area contributed by atoms with Crippen molar-refractivity contribution in [2.24, 2.45) is 5.92 Å². The van der Waals surface area contributed by atoms with Gasteiger partial charge in [0.15, 0.2) is 0 Å². The highest BCUT2D eigenvalue weighted by Crippen LogP contribution is 2.29. The van der Waals surface area contributed by atoms with Gasteiger partial charge in [-0.15, -0.1) is 0 Å². The first-order valence-electron chi connectivity index (χ1n) is 7.95. The molecule has 2 aromatic rings. The molecule has 0 radical (unpaired) electrons. The van der Waals surface area contributed by atoms with Gasteiger partial charge in [-0.05, 0) is 61.2 Å². The van der Waals surface area contributed by atoms with Crippen LogP contribution < -0.4 is 4.74 Å². The summed E-state index contributed by atoms with van der Waals surface area (Å²) in [5.74, 6) is 1.00. The van der Waals surface area contributed by atoms with Gasteiger partial charge in [0.2, 0.25) is 0 Å². The maximum atomic E-state index is 13.8. The van der Waals surface area contributed by atoms with Crippen LogP contribution in [-0.2, 0) is 6.54 Å². The van der Waals surface area contributed by atoms with Gasteiger partial charge in [-0.2, -0.15) is 0 Å². The highest BCUT2D eigenvalue weighted by atomic mass is 79.9. The first-order chi connectivity index (χ1) is 11.5. The van der Waals surface area contributed by atoms with E-state index in [-0.39, 0.29) is 18.3 Å². The zero-order chi connectivity index (χ0) is 17.1. The summed E-state index contributed by atoms with van der Waals surface area (Å²) < 4.78 is 20.3. The summed E-state index contributed by atoms with van der Waals surface area (Å²) in [6.45, 7) is 0.958. The lowest BCUT2D eigenvalue weighted by molar-refractivity contribution is 0.0784. The van der Waals surface area contributed by atoms with Crippen molar-refractivity contribution in [3.8, 4) is 5.75 Å². The first kappa shape index (κ1) is 17.0. The molecule has 0 spiro atoms. The molecule has 0 atom stereocenters. The standard InChI is InChI=1S/C19H19BrFNO2/c1-22(11-15-10-16(20)6-9-18(15)21)19(23)14-4-7-17(8-5-14)24-12-13-2-3-13/h4-10,13H,2-3,11-12H2,1H3. The number of halogens is 2. The van der Waals surface area contributed by atoms with Crippen molar-refractivity contribution in [3.05, 3.63) is 63.9 Å². The van der Waals surface area contributed by atoms with Gasteiger partial charge >= 0.3 is 0 Å². The van der Waals surface area contributed by atoms with E-state index in [0.29, 0.717) is 17.0 Å². The first-order valence-corrected chi connectivity index (χ1v) is 8.74. The summed E-state index contributed by atoms with van der Waals surface area (Å²) in [5.41, 5.74) is 1.04. The average Bonchev–Trinajstić information content (AvgIpc) is 3.40. The minimum absolute atomic E-state index is 0.150. The van der Waals surface area contributed by atoms with Crippen LogP contribution in [0.5, 0.6) is 5.75 Å². The summed E-state index contributed by atoms with van der Waals surface area (Å²) in [5, 5.41) is 0. The Morgan fingerprint density at radius 1 is 1.25 bits per heavy atom. The number of nitrogens with zero attached hydrogens (tertiary/aromatic N) is 1. The van der Waals surface area contributed by atoms with E-state index in [1.165, 1.54) is 23.8 Å². The maximum absolute atomic E-state index is 13.8. The molecule has 1 fully saturated rings. The van der Waals surface area contributed by atoms with E-state index in [0.717, 1.165) is 16.8 Å². The Balaban J connectivity index is 1.62. The summed E-state index contributed by atoms with van der Waals surface area (Å²) in [7, 11) is 1.67. The van der Waals surface area contributed by atoms with Crippen LogP contribution in [0.2, 0.25) is 0 Å². The largest absolute Gasteiger partial charge is 0.493 e. The van der Waals surface area contributed by atoms with Gasteiger partial charge in [0.25, 0.3) is 5.91 Å². The molecular weight excluding hydrogens is 373 g/mol. The second kappa shape index (κ2) is 7.34. The molecule has 1 aliphatic carbocycles. The predicted molar refractivity (Wildman–Crippen MR) is 94.6 cm³/mol. The van der Waals surface area contributed by atoms with E-state index >= 15 is 0 Å². The van der Waals surface area contributed by atoms with Crippen LogP contribution in [0.3, 0.4) is 0 Å². The molecule has 0 saturated heterocycles. The van der Waals surface area contributed by atoms with Crippen LogP contribution in [0.15, 0.2) is 46.9 Å². The third kappa shape index (κ3) is 4.35. The Kier molecular flexibility index (Phi) is 5.19. The van der Waals surface area contributed by atoms with Crippen molar-refractivity contribution < 1.29 is 13.9 Å². The monoisotopic (exact) mass is 391 g/mol. The lowest BCUT2D eigenvalue weighted by Gasteiger charge is -2.18. The van der Waals surface area contributed by atoms with Gasteiger partial charge in [-0.3, -0.25) is 4.79 Å². The summed E-state index contributed by atoms with van der Waals surface area (Å²) in [6, 6.07) is 11.8. The molecule has 3 nitrogen and oxygen atoms in total. The predicted octanol–water partition coefficient (Wildman–Crippen LogP) is 4.65. The number of amides is 1. The second-order valence-electron chi connectivity index (χ2n) is 6.18. The van der Waals surface area contributed by atoms with Crippen LogP contribution in [0, 0.1) is 11.7 Å². The van der Waals surface area contributed by atoms with E-state index in [2.05, 4.69) is 15.9 Å². The van der Waals surface area contributed by atoms with Gasteiger partial charge in [0, 0.05) is 29.2 Å². The summed E-state index contributed by atoms with van der Waals surface area (Å²) in [6.07, 6.45) is 2.49. The second-order valence-corrected chi connectivity index (χ2v) is 7.09. The van der Waals surface area contributed by atoms with Gasteiger partial charge in [0.05, 0.1) is 6.61 Å². The summed E-state index contributed by atoms with van der Waals surface area (Å²) >= 11 is 3.32. The molecule has 1 amide bonds.